The van der Waals surface area contributed by atoms with Crippen molar-refractivity contribution < 1.29 is 14.0 Å². The van der Waals surface area contributed by atoms with E-state index in [0.717, 1.165) is 24.9 Å². The van der Waals surface area contributed by atoms with Gasteiger partial charge in [-0.1, -0.05) is 12.8 Å². The maximum Gasteiger partial charge on any atom is 0.291 e. The van der Waals surface area contributed by atoms with Crippen LogP contribution in [-0.2, 0) is 0 Å². The van der Waals surface area contributed by atoms with E-state index in [2.05, 4.69) is 5.32 Å². The summed E-state index contributed by atoms with van der Waals surface area (Å²) in [6.07, 6.45) is 6.03. The number of carbonyl (C=O) groups excluding carboxylic acids is 2. The smallest absolute Gasteiger partial charge is 0.291 e. The monoisotopic (exact) mass is 346 g/mol. The predicted molar refractivity (Wildman–Crippen MR) is 94.7 cm³/mol. The van der Waals surface area contributed by atoms with Crippen LogP contribution in [0.15, 0.2) is 28.9 Å². The molecule has 2 amide bonds. The predicted octanol–water partition coefficient (Wildman–Crippen LogP) is 4.31. The summed E-state index contributed by atoms with van der Waals surface area (Å²) in [7, 11) is 0. The summed E-state index contributed by atoms with van der Waals surface area (Å²) in [5, 5.41) is 3.47. The van der Waals surface area contributed by atoms with Gasteiger partial charge in [-0.25, -0.2) is 0 Å². The lowest BCUT2D eigenvalue weighted by Gasteiger charge is -2.27. The van der Waals surface area contributed by atoms with Crippen LogP contribution in [0.1, 0.15) is 58.4 Å². The Kier molecular flexibility index (Phi) is 5.04. The first-order chi connectivity index (χ1) is 11.6. The molecule has 0 spiro atoms. The minimum Gasteiger partial charge on any atom is -0.459 e. The third-order valence-corrected chi connectivity index (χ3v) is 5.60. The standard InChI is InChI=1S/C18H22N2O3S/c1-3-20(13-7-4-5-8-13)18(22)16-12(2)11-15(24-16)19-17(21)14-9-6-10-23-14/h6,9-11,13H,3-5,7-8H2,1-2H3,(H,19,21). The molecule has 1 N–H and O–H groups in total. The summed E-state index contributed by atoms with van der Waals surface area (Å²) in [4.78, 5) is 27.7. The quantitative estimate of drug-likeness (QED) is 0.877. The minimum atomic E-state index is -0.302. The van der Waals surface area contributed by atoms with Gasteiger partial charge in [-0.2, -0.15) is 0 Å². The average molecular weight is 346 g/mol. The molecule has 2 heterocycles. The van der Waals surface area contributed by atoms with Crippen LogP contribution < -0.4 is 5.32 Å². The molecule has 0 saturated heterocycles. The molecule has 3 rings (SSSR count). The zero-order valence-electron chi connectivity index (χ0n) is 14.0. The molecule has 0 bridgehead atoms. The number of carbonyl (C=O) groups is 2. The summed E-state index contributed by atoms with van der Waals surface area (Å²) in [5.74, 6) is 0.0313. The lowest BCUT2D eigenvalue weighted by Crippen LogP contribution is -2.38. The van der Waals surface area contributed by atoms with Crippen LogP contribution in [-0.4, -0.2) is 29.3 Å². The second-order valence-electron chi connectivity index (χ2n) is 6.08. The van der Waals surface area contributed by atoms with Gasteiger partial charge in [0.2, 0.25) is 0 Å². The van der Waals surface area contributed by atoms with E-state index in [9.17, 15) is 9.59 Å². The molecule has 1 aliphatic rings. The molecule has 0 aromatic carbocycles. The molecule has 1 fully saturated rings. The summed E-state index contributed by atoms with van der Waals surface area (Å²) < 4.78 is 5.09. The molecule has 0 unspecified atom stereocenters. The molecule has 24 heavy (non-hydrogen) atoms. The zero-order chi connectivity index (χ0) is 17.1. The Hall–Kier alpha value is -2.08. The topological polar surface area (TPSA) is 62.6 Å². The first-order valence-corrected chi connectivity index (χ1v) is 9.18. The van der Waals surface area contributed by atoms with Gasteiger partial charge in [0.05, 0.1) is 16.1 Å². The lowest BCUT2D eigenvalue weighted by atomic mass is 10.2. The maximum absolute atomic E-state index is 12.9. The molecular formula is C18H22N2O3S. The van der Waals surface area contributed by atoms with E-state index in [-0.39, 0.29) is 17.6 Å². The van der Waals surface area contributed by atoms with Gasteiger partial charge in [-0.05, 0) is 50.5 Å². The zero-order valence-corrected chi connectivity index (χ0v) is 14.8. The SMILES string of the molecule is CCN(C(=O)c1sc(NC(=O)c2ccco2)cc1C)C1CCCC1. The van der Waals surface area contributed by atoms with Crippen molar-refractivity contribution in [3.05, 3.63) is 40.7 Å². The highest BCUT2D eigenvalue weighted by Gasteiger charge is 2.28. The Morgan fingerprint density at radius 3 is 2.75 bits per heavy atom. The number of nitrogens with zero attached hydrogens (tertiary/aromatic N) is 1. The number of hydrogen-bond donors (Lipinski definition) is 1. The van der Waals surface area contributed by atoms with Crippen LogP contribution in [0.25, 0.3) is 0 Å². The highest BCUT2D eigenvalue weighted by molar-refractivity contribution is 7.18. The number of anilines is 1. The summed E-state index contributed by atoms with van der Waals surface area (Å²) in [6, 6.07) is 5.48. The van der Waals surface area contributed by atoms with Crippen LogP contribution in [0.2, 0.25) is 0 Å². The molecule has 1 saturated carbocycles. The summed E-state index contributed by atoms with van der Waals surface area (Å²) in [5.41, 5.74) is 0.899. The van der Waals surface area contributed by atoms with Crippen LogP contribution in [0.4, 0.5) is 5.00 Å². The molecule has 128 valence electrons. The molecule has 0 radical (unpaired) electrons. The van der Waals surface area contributed by atoms with Crippen molar-refractivity contribution in [1.82, 2.24) is 4.90 Å². The molecule has 2 aromatic rings. The number of aryl methyl sites for hydroxylation is 1. The number of rotatable bonds is 5. The van der Waals surface area contributed by atoms with Crippen molar-refractivity contribution in [1.29, 1.82) is 0 Å². The Morgan fingerprint density at radius 2 is 2.12 bits per heavy atom. The first kappa shape index (κ1) is 16.8. The molecule has 5 nitrogen and oxygen atoms in total. The van der Waals surface area contributed by atoms with Crippen molar-refractivity contribution in [2.45, 2.75) is 45.6 Å². The third kappa shape index (κ3) is 3.38. The van der Waals surface area contributed by atoms with Gasteiger partial charge in [0, 0.05) is 12.6 Å². The number of hydrogen-bond acceptors (Lipinski definition) is 4. The van der Waals surface area contributed by atoms with Gasteiger partial charge in [0.1, 0.15) is 0 Å². The van der Waals surface area contributed by atoms with E-state index >= 15 is 0 Å². The fraction of sp³-hybridized carbons (Fsp3) is 0.444. The van der Waals surface area contributed by atoms with Crippen LogP contribution in [0.3, 0.4) is 0 Å². The maximum atomic E-state index is 12.9. The number of nitrogens with one attached hydrogen (secondary N) is 1. The minimum absolute atomic E-state index is 0.0744. The third-order valence-electron chi connectivity index (χ3n) is 4.46. The number of thiophene rings is 1. The Bertz CT molecular complexity index is 715. The van der Waals surface area contributed by atoms with Gasteiger partial charge >= 0.3 is 0 Å². The van der Waals surface area contributed by atoms with Gasteiger partial charge < -0.3 is 14.6 Å². The largest absolute Gasteiger partial charge is 0.459 e. The molecule has 6 heteroatoms. The normalized spacial score (nSPS) is 14.8. The molecule has 2 aromatic heterocycles. The van der Waals surface area contributed by atoms with Crippen molar-refractivity contribution in [3.63, 3.8) is 0 Å². The van der Waals surface area contributed by atoms with Crippen molar-refractivity contribution >= 4 is 28.2 Å². The lowest BCUT2D eigenvalue weighted by molar-refractivity contribution is 0.0697. The summed E-state index contributed by atoms with van der Waals surface area (Å²) >= 11 is 1.33. The summed E-state index contributed by atoms with van der Waals surface area (Å²) in [6.45, 7) is 4.66. The van der Waals surface area contributed by atoms with Crippen molar-refractivity contribution in [3.8, 4) is 0 Å². The Balaban J connectivity index is 1.75. The highest BCUT2D eigenvalue weighted by atomic mass is 32.1. The van der Waals surface area contributed by atoms with E-state index in [0.29, 0.717) is 15.9 Å². The van der Waals surface area contributed by atoms with Crippen molar-refractivity contribution in [2.75, 3.05) is 11.9 Å². The fourth-order valence-electron chi connectivity index (χ4n) is 3.25. The van der Waals surface area contributed by atoms with Crippen LogP contribution in [0, 0.1) is 6.92 Å². The van der Waals surface area contributed by atoms with Gasteiger partial charge in [0.15, 0.2) is 5.76 Å². The van der Waals surface area contributed by atoms with E-state index in [1.807, 2.05) is 24.8 Å². The van der Waals surface area contributed by atoms with Gasteiger partial charge in [0.25, 0.3) is 11.8 Å². The average Bonchev–Trinajstić information content (AvgIpc) is 3.29. The van der Waals surface area contributed by atoms with E-state index < -0.39 is 0 Å². The number of furan rings is 1. The second kappa shape index (κ2) is 7.21. The van der Waals surface area contributed by atoms with Crippen LogP contribution in [0.5, 0.6) is 0 Å². The van der Waals surface area contributed by atoms with Gasteiger partial charge in [-0.3, -0.25) is 9.59 Å². The van der Waals surface area contributed by atoms with E-state index in [1.54, 1.807) is 12.1 Å². The van der Waals surface area contributed by atoms with Crippen molar-refractivity contribution in [2.24, 2.45) is 0 Å². The molecule has 0 atom stereocenters. The van der Waals surface area contributed by atoms with E-state index in [4.69, 9.17) is 4.42 Å². The Morgan fingerprint density at radius 1 is 1.38 bits per heavy atom. The molecular weight excluding hydrogens is 324 g/mol. The second-order valence-corrected chi connectivity index (χ2v) is 7.14. The van der Waals surface area contributed by atoms with E-state index in [1.165, 1.54) is 30.4 Å². The fourth-order valence-corrected chi connectivity index (χ4v) is 4.28. The highest BCUT2D eigenvalue weighted by Crippen LogP contribution is 2.31. The Labute approximate surface area is 145 Å². The van der Waals surface area contributed by atoms with Crippen LogP contribution >= 0.6 is 11.3 Å². The first-order valence-electron chi connectivity index (χ1n) is 8.36. The number of amides is 2. The van der Waals surface area contributed by atoms with Gasteiger partial charge in [-0.15, -0.1) is 11.3 Å². The molecule has 0 aliphatic heterocycles. The molecule has 1 aliphatic carbocycles.